The Morgan fingerprint density at radius 1 is 1.38 bits per heavy atom. The highest BCUT2D eigenvalue weighted by atomic mass is 32.2. The molecular formula is C19H22N4O5S. The zero-order valence-corrected chi connectivity index (χ0v) is 16.9. The van der Waals surface area contributed by atoms with Gasteiger partial charge >= 0.3 is 5.97 Å². The molecule has 0 saturated carbocycles. The number of nitrogens with one attached hydrogen (secondary N) is 2. The first-order valence-electron chi connectivity index (χ1n) is 9.34. The van der Waals surface area contributed by atoms with E-state index in [0.717, 1.165) is 13.0 Å². The summed E-state index contributed by atoms with van der Waals surface area (Å²) >= 11 is 0. The van der Waals surface area contributed by atoms with Crippen LogP contribution in [0.5, 0.6) is 0 Å². The van der Waals surface area contributed by atoms with Crippen molar-refractivity contribution in [2.24, 2.45) is 0 Å². The van der Waals surface area contributed by atoms with Crippen molar-refractivity contribution in [2.75, 3.05) is 26.7 Å². The van der Waals surface area contributed by atoms with Gasteiger partial charge in [0.05, 0.1) is 10.5 Å². The standard InChI is InChI=1S/C19H22N4O5S/c1-3-23(11-6-7-22(2)10-11)29(27,28)12-4-5-15-13(8-12)16-14(19(25)26)9-20-17(16)18(24)21-15/h4-5,8-9,11,20H,3,6-7,10H2,1-2H3,(H,21,24)(H,25,26). The number of aromatic nitrogens is 2. The van der Waals surface area contributed by atoms with Crippen LogP contribution in [-0.4, -0.2) is 71.4 Å². The summed E-state index contributed by atoms with van der Waals surface area (Å²) in [6.07, 6.45) is 2.01. The van der Waals surface area contributed by atoms with Crippen molar-refractivity contribution in [3.8, 4) is 0 Å². The van der Waals surface area contributed by atoms with Crippen LogP contribution in [0.4, 0.5) is 0 Å². The van der Waals surface area contributed by atoms with Crippen LogP contribution in [0.3, 0.4) is 0 Å². The van der Waals surface area contributed by atoms with Gasteiger partial charge in [0.15, 0.2) is 0 Å². The minimum Gasteiger partial charge on any atom is -0.478 e. The number of likely N-dealkylation sites (tertiary alicyclic amines) is 1. The molecule has 1 saturated heterocycles. The molecule has 1 fully saturated rings. The summed E-state index contributed by atoms with van der Waals surface area (Å²) in [4.78, 5) is 31.4. The molecule has 1 aliphatic heterocycles. The van der Waals surface area contributed by atoms with E-state index in [9.17, 15) is 23.1 Å². The molecule has 0 amide bonds. The second-order valence-electron chi connectivity index (χ2n) is 7.33. The summed E-state index contributed by atoms with van der Waals surface area (Å²) in [5, 5.41) is 10.1. The fourth-order valence-corrected chi connectivity index (χ4v) is 5.82. The molecule has 1 aliphatic rings. The summed E-state index contributed by atoms with van der Waals surface area (Å²) < 4.78 is 28.2. The number of aromatic amines is 2. The lowest BCUT2D eigenvalue weighted by atomic mass is 10.1. The second kappa shape index (κ2) is 6.97. The number of carboxylic acid groups (broad SMARTS) is 1. The van der Waals surface area contributed by atoms with Crippen molar-refractivity contribution in [3.63, 3.8) is 0 Å². The van der Waals surface area contributed by atoms with Crippen LogP contribution >= 0.6 is 0 Å². The zero-order chi connectivity index (χ0) is 20.9. The van der Waals surface area contributed by atoms with Gasteiger partial charge in [-0.1, -0.05) is 6.92 Å². The molecule has 4 rings (SSSR count). The Hall–Kier alpha value is -2.69. The first-order chi connectivity index (χ1) is 13.7. The molecule has 0 spiro atoms. The monoisotopic (exact) mass is 418 g/mol. The highest BCUT2D eigenvalue weighted by molar-refractivity contribution is 7.89. The molecule has 3 N–H and O–H groups in total. The third-order valence-corrected chi connectivity index (χ3v) is 7.56. The Kier molecular flexibility index (Phi) is 4.72. The van der Waals surface area contributed by atoms with Gasteiger partial charge < -0.3 is 20.0 Å². The number of rotatable bonds is 5. The van der Waals surface area contributed by atoms with Gasteiger partial charge in [-0.05, 0) is 38.2 Å². The van der Waals surface area contributed by atoms with E-state index < -0.39 is 21.6 Å². The van der Waals surface area contributed by atoms with E-state index in [1.165, 1.54) is 28.7 Å². The highest BCUT2D eigenvalue weighted by Gasteiger charge is 2.34. The van der Waals surface area contributed by atoms with Crippen LogP contribution in [0.2, 0.25) is 0 Å². The number of nitrogens with zero attached hydrogens (tertiary/aromatic N) is 2. The SMILES string of the molecule is CCN(C1CCN(C)C1)S(=O)(=O)c1ccc2[nH]c(=O)c3[nH]cc(C(=O)O)c3c2c1. The Morgan fingerprint density at radius 3 is 2.76 bits per heavy atom. The maximum atomic E-state index is 13.4. The largest absolute Gasteiger partial charge is 0.478 e. The van der Waals surface area contributed by atoms with Crippen molar-refractivity contribution in [1.29, 1.82) is 0 Å². The summed E-state index contributed by atoms with van der Waals surface area (Å²) in [6, 6.07) is 4.30. The Labute approximate surface area is 167 Å². The molecule has 1 unspecified atom stereocenters. The topological polar surface area (TPSA) is 127 Å². The molecular weight excluding hydrogens is 396 g/mol. The first-order valence-corrected chi connectivity index (χ1v) is 10.8. The fraction of sp³-hybridized carbons (Fsp3) is 0.368. The molecule has 0 bridgehead atoms. The van der Waals surface area contributed by atoms with E-state index in [1.807, 2.05) is 7.05 Å². The average Bonchev–Trinajstić information content (AvgIpc) is 3.29. The lowest BCUT2D eigenvalue weighted by Gasteiger charge is -2.27. The third kappa shape index (κ3) is 3.13. The number of pyridine rings is 1. The molecule has 9 nitrogen and oxygen atoms in total. The van der Waals surface area contributed by atoms with Crippen molar-refractivity contribution >= 4 is 37.8 Å². The van der Waals surface area contributed by atoms with Gasteiger partial charge in [0.1, 0.15) is 5.52 Å². The maximum Gasteiger partial charge on any atom is 0.337 e. The van der Waals surface area contributed by atoms with Crippen LogP contribution in [0.1, 0.15) is 23.7 Å². The van der Waals surface area contributed by atoms with E-state index >= 15 is 0 Å². The number of aromatic carboxylic acids is 1. The Bertz CT molecular complexity index is 1280. The van der Waals surface area contributed by atoms with Gasteiger partial charge in [0, 0.05) is 41.6 Å². The number of carbonyl (C=O) groups is 1. The molecule has 29 heavy (non-hydrogen) atoms. The Balaban J connectivity index is 1.91. The molecule has 154 valence electrons. The van der Waals surface area contributed by atoms with Gasteiger partial charge in [0.2, 0.25) is 10.0 Å². The second-order valence-corrected chi connectivity index (χ2v) is 9.22. The number of H-pyrrole nitrogens is 2. The van der Waals surface area contributed by atoms with Crippen LogP contribution in [0, 0.1) is 0 Å². The van der Waals surface area contributed by atoms with Gasteiger partial charge in [0.25, 0.3) is 5.56 Å². The molecule has 0 aliphatic carbocycles. The third-order valence-electron chi connectivity index (χ3n) is 5.54. The van der Waals surface area contributed by atoms with E-state index in [1.54, 1.807) is 6.92 Å². The number of likely N-dealkylation sites (N-methyl/N-ethyl adjacent to an activating group) is 2. The lowest BCUT2D eigenvalue weighted by Crippen LogP contribution is -2.41. The quantitative estimate of drug-likeness (QED) is 0.575. The van der Waals surface area contributed by atoms with Crippen molar-refractivity contribution < 1.29 is 18.3 Å². The zero-order valence-electron chi connectivity index (χ0n) is 16.1. The summed E-state index contributed by atoms with van der Waals surface area (Å²) in [5.74, 6) is -1.19. The molecule has 0 radical (unpaired) electrons. The molecule has 3 heterocycles. The van der Waals surface area contributed by atoms with Crippen LogP contribution in [0.15, 0.2) is 34.1 Å². The molecule has 10 heteroatoms. The molecule has 2 aromatic heterocycles. The molecule has 1 aromatic carbocycles. The normalized spacial score (nSPS) is 18.2. The van der Waals surface area contributed by atoms with E-state index in [4.69, 9.17) is 0 Å². The number of benzene rings is 1. The number of hydrogen-bond acceptors (Lipinski definition) is 5. The number of sulfonamides is 1. The van der Waals surface area contributed by atoms with E-state index in [0.29, 0.717) is 24.0 Å². The summed E-state index contributed by atoms with van der Waals surface area (Å²) in [5.41, 5.74) is -0.0448. The first kappa shape index (κ1) is 19.6. The Morgan fingerprint density at radius 2 is 2.14 bits per heavy atom. The van der Waals surface area contributed by atoms with Crippen molar-refractivity contribution in [2.45, 2.75) is 24.3 Å². The number of hydrogen-bond donors (Lipinski definition) is 3. The predicted octanol–water partition coefficient (Wildman–Crippen LogP) is 1.42. The lowest BCUT2D eigenvalue weighted by molar-refractivity contribution is 0.0699. The maximum absolute atomic E-state index is 13.4. The molecule has 1 atom stereocenters. The van der Waals surface area contributed by atoms with Crippen LogP contribution < -0.4 is 5.56 Å². The minimum atomic E-state index is -3.79. The smallest absolute Gasteiger partial charge is 0.337 e. The van der Waals surface area contributed by atoms with Gasteiger partial charge in [-0.25, -0.2) is 13.2 Å². The van der Waals surface area contributed by atoms with Gasteiger partial charge in [-0.3, -0.25) is 4.79 Å². The van der Waals surface area contributed by atoms with Crippen LogP contribution in [0.25, 0.3) is 21.8 Å². The number of carboxylic acids is 1. The van der Waals surface area contributed by atoms with Gasteiger partial charge in [-0.15, -0.1) is 0 Å². The van der Waals surface area contributed by atoms with E-state index in [2.05, 4.69) is 14.9 Å². The van der Waals surface area contributed by atoms with E-state index in [-0.39, 0.29) is 27.4 Å². The van der Waals surface area contributed by atoms with Crippen LogP contribution in [-0.2, 0) is 10.0 Å². The number of fused-ring (bicyclic) bond motifs is 3. The van der Waals surface area contributed by atoms with Crippen molar-refractivity contribution in [1.82, 2.24) is 19.2 Å². The average molecular weight is 418 g/mol. The fourth-order valence-electron chi connectivity index (χ4n) is 4.14. The summed E-state index contributed by atoms with van der Waals surface area (Å²) in [7, 11) is -1.83. The highest BCUT2D eigenvalue weighted by Crippen LogP contribution is 2.29. The van der Waals surface area contributed by atoms with Gasteiger partial charge in [-0.2, -0.15) is 4.31 Å². The van der Waals surface area contributed by atoms with Crippen molar-refractivity contribution in [3.05, 3.63) is 40.3 Å². The predicted molar refractivity (Wildman–Crippen MR) is 109 cm³/mol. The minimum absolute atomic E-state index is 0.0737. The molecule has 3 aromatic rings. The summed E-state index contributed by atoms with van der Waals surface area (Å²) in [6.45, 7) is 3.65.